The fraction of sp³-hybridized carbons (Fsp3) is 0.400. The molecule has 1 fully saturated rings. The Balaban J connectivity index is 1.41. The van der Waals surface area contributed by atoms with E-state index < -0.39 is 42.0 Å². The molecule has 3 N–H and O–H groups in total. The van der Waals surface area contributed by atoms with Crippen LogP contribution in [0.15, 0.2) is 63.9 Å². The number of carbonyl (C=O) groups is 3. The van der Waals surface area contributed by atoms with E-state index in [9.17, 15) is 24.8 Å². The van der Waals surface area contributed by atoms with Crippen LogP contribution < -0.4 is 14.8 Å². The number of anilines is 1. The number of ketones is 2. The normalized spacial score (nSPS) is 26.0. The number of phenolic OH excluding ortho intramolecular Hbond substituents is 1. The van der Waals surface area contributed by atoms with Crippen LogP contribution in [0.2, 0.25) is 0 Å². The third-order valence-corrected chi connectivity index (χ3v) is 10.5. The number of fused-ring (bicyclic) bond motifs is 6. The molecule has 2 aromatic rings. The zero-order valence-corrected chi connectivity index (χ0v) is 28.4. The molecule has 12 nitrogen and oxygen atoms in total. The molecule has 6 atom stereocenters. The molecular formula is C35H38N6O6S. The highest BCUT2D eigenvalue weighted by Gasteiger charge is 2.58. The van der Waals surface area contributed by atoms with E-state index >= 15 is 0 Å². The maximum atomic E-state index is 14.0. The first-order chi connectivity index (χ1) is 23.0. The molecule has 0 saturated carbocycles. The fourth-order valence-electron chi connectivity index (χ4n) is 7.66. The number of benzene rings is 2. The largest absolute Gasteiger partial charge is 0.504 e. The zero-order valence-electron chi connectivity index (χ0n) is 27.6. The van der Waals surface area contributed by atoms with E-state index in [1.54, 1.807) is 13.8 Å². The van der Waals surface area contributed by atoms with Crippen molar-refractivity contribution in [3.8, 4) is 17.6 Å². The van der Waals surface area contributed by atoms with Crippen molar-refractivity contribution in [2.45, 2.75) is 70.0 Å². The molecule has 48 heavy (non-hydrogen) atoms. The summed E-state index contributed by atoms with van der Waals surface area (Å²) in [4.78, 5) is 50.1. The third-order valence-electron chi connectivity index (χ3n) is 9.89. The summed E-state index contributed by atoms with van der Waals surface area (Å²) in [5.74, 6) is -1.07. The summed E-state index contributed by atoms with van der Waals surface area (Å²) in [6.07, 6.45) is -0.574. The van der Waals surface area contributed by atoms with Gasteiger partial charge in [0.2, 0.25) is 11.7 Å². The Kier molecular flexibility index (Phi) is 9.08. The molecule has 0 spiro atoms. The minimum atomic E-state index is -1.13. The molecule has 1 aliphatic carbocycles. The van der Waals surface area contributed by atoms with Crippen LogP contribution in [0.1, 0.15) is 43.0 Å². The molecule has 0 aromatic heterocycles. The number of aryl methyl sites for hydroxylation is 1. The van der Waals surface area contributed by atoms with Gasteiger partial charge in [-0.1, -0.05) is 24.3 Å². The average molecular weight is 671 g/mol. The minimum Gasteiger partial charge on any atom is -0.504 e. The number of Topliss-reactive ketones (excluding diaryl/α,β-unsaturated/α-hetero) is 2. The van der Waals surface area contributed by atoms with Crippen LogP contribution in [-0.2, 0) is 25.5 Å². The van der Waals surface area contributed by atoms with Crippen molar-refractivity contribution in [1.82, 2.24) is 15.1 Å². The number of nitriles is 1. The number of likely N-dealkylation sites (N-methyl/N-ethyl adjacent to an activating group) is 1. The fourth-order valence-corrected chi connectivity index (χ4v) is 8.23. The van der Waals surface area contributed by atoms with E-state index in [0.717, 1.165) is 16.8 Å². The van der Waals surface area contributed by atoms with Gasteiger partial charge < -0.3 is 24.6 Å². The number of phenols is 1. The van der Waals surface area contributed by atoms with Gasteiger partial charge in [0.25, 0.3) is 0 Å². The summed E-state index contributed by atoms with van der Waals surface area (Å²) >= 11 is 1.21. The summed E-state index contributed by atoms with van der Waals surface area (Å²) in [7, 11) is 4.74. The summed E-state index contributed by atoms with van der Waals surface area (Å²) < 4.78 is 14.1. The van der Waals surface area contributed by atoms with Crippen LogP contribution >= 0.6 is 11.9 Å². The average Bonchev–Trinajstić information content (AvgIpc) is 3.07. The second kappa shape index (κ2) is 13.1. The number of hydrogen-bond acceptors (Lipinski definition) is 12. The van der Waals surface area contributed by atoms with Gasteiger partial charge in [0.05, 0.1) is 31.9 Å². The van der Waals surface area contributed by atoms with Crippen LogP contribution in [0.3, 0.4) is 0 Å². The summed E-state index contributed by atoms with van der Waals surface area (Å²) in [5, 5.41) is 25.3. The van der Waals surface area contributed by atoms with Crippen molar-refractivity contribution in [1.29, 1.82) is 5.26 Å². The number of rotatable bonds is 8. The van der Waals surface area contributed by atoms with E-state index in [1.807, 2.05) is 55.3 Å². The van der Waals surface area contributed by atoms with Crippen LogP contribution in [0.4, 0.5) is 5.69 Å². The predicted molar refractivity (Wildman–Crippen MR) is 181 cm³/mol. The first-order valence-corrected chi connectivity index (χ1v) is 16.6. The third kappa shape index (κ3) is 5.34. The Morgan fingerprint density at radius 2 is 1.88 bits per heavy atom. The molecule has 0 radical (unpaired) electrons. The minimum absolute atomic E-state index is 0.00637. The highest BCUT2D eigenvalue weighted by molar-refractivity contribution is 8.13. The summed E-state index contributed by atoms with van der Waals surface area (Å²) in [6, 6.07) is 10.9. The lowest BCUT2D eigenvalue weighted by Gasteiger charge is -2.60. The van der Waals surface area contributed by atoms with Gasteiger partial charge in [-0.05, 0) is 75.9 Å². The van der Waals surface area contributed by atoms with Crippen LogP contribution in [0.5, 0.6) is 11.5 Å². The lowest BCUT2D eigenvalue weighted by molar-refractivity contribution is -0.130. The summed E-state index contributed by atoms with van der Waals surface area (Å²) in [6.45, 7) is 5.04. The highest BCUT2D eigenvalue weighted by Crippen LogP contribution is 2.53. The Bertz CT molecular complexity index is 1820. The van der Waals surface area contributed by atoms with Gasteiger partial charge in [0.15, 0.2) is 23.0 Å². The van der Waals surface area contributed by atoms with Gasteiger partial charge in [0, 0.05) is 40.1 Å². The molecule has 6 rings (SSSR count). The lowest BCUT2D eigenvalue weighted by Crippen LogP contribution is -2.72. The Morgan fingerprint density at radius 3 is 2.54 bits per heavy atom. The molecular weight excluding hydrogens is 632 g/mol. The van der Waals surface area contributed by atoms with E-state index in [2.05, 4.69) is 26.0 Å². The Hall–Kier alpha value is -4.64. The molecule has 1 amide bonds. The second-order valence-corrected chi connectivity index (χ2v) is 13.1. The van der Waals surface area contributed by atoms with E-state index in [4.69, 9.17) is 9.47 Å². The lowest BCUT2D eigenvalue weighted by atomic mass is 9.71. The monoisotopic (exact) mass is 670 g/mol. The van der Waals surface area contributed by atoms with Crippen molar-refractivity contribution in [2.75, 3.05) is 26.0 Å². The number of aliphatic imine (C=N–C) groups is 1. The van der Waals surface area contributed by atoms with Crippen molar-refractivity contribution in [3.05, 3.63) is 75.6 Å². The maximum absolute atomic E-state index is 14.0. The van der Waals surface area contributed by atoms with Crippen molar-refractivity contribution in [2.24, 2.45) is 4.99 Å². The molecule has 2 aromatic carbocycles. The second-order valence-electron chi connectivity index (χ2n) is 12.5. The molecule has 250 valence electrons. The standard InChI is InChI=1S/C35H38N6O6S/c1-17-12-20-13-23-25(15-36)41-24(28(40(23)4)26(20)30(43)32(17)46-5)14-22-27(31(44)33(47-6)18(2)29(22)42)34(41)38-35(45)19(3)37-16-48-39-21-10-8-7-9-11-21/h7-12,16,19,23-25,28,34,39,43H,13-14H2,1-6H3,(H,38,45)/t19?,23-,24?,25-,28-,34+/m0/s1. The van der Waals surface area contributed by atoms with Gasteiger partial charge in [-0.2, -0.15) is 5.26 Å². The topological polar surface area (TPSA) is 157 Å². The number of piperazine rings is 1. The first-order valence-electron chi connectivity index (χ1n) is 15.7. The van der Waals surface area contributed by atoms with Crippen LogP contribution in [0.25, 0.3) is 0 Å². The molecule has 4 aliphatic rings. The van der Waals surface area contributed by atoms with Gasteiger partial charge in [0.1, 0.15) is 18.2 Å². The highest BCUT2D eigenvalue weighted by atomic mass is 32.2. The molecule has 3 heterocycles. The molecule has 2 bridgehead atoms. The van der Waals surface area contributed by atoms with Crippen LogP contribution in [0, 0.1) is 18.3 Å². The smallest absolute Gasteiger partial charge is 0.246 e. The van der Waals surface area contributed by atoms with Gasteiger partial charge in [-0.15, -0.1) is 0 Å². The molecule has 3 aliphatic heterocycles. The van der Waals surface area contributed by atoms with Crippen molar-refractivity contribution in [3.63, 3.8) is 0 Å². The Morgan fingerprint density at radius 1 is 1.15 bits per heavy atom. The first kappa shape index (κ1) is 33.3. The maximum Gasteiger partial charge on any atom is 0.246 e. The van der Waals surface area contributed by atoms with Gasteiger partial charge >= 0.3 is 0 Å². The van der Waals surface area contributed by atoms with E-state index in [1.165, 1.54) is 31.7 Å². The van der Waals surface area contributed by atoms with E-state index in [0.29, 0.717) is 17.7 Å². The zero-order chi connectivity index (χ0) is 34.4. The quantitative estimate of drug-likeness (QED) is 0.163. The number of para-hydroxylation sites is 1. The van der Waals surface area contributed by atoms with Gasteiger partial charge in [-0.3, -0.25) is 29.2 Å². The SMILES string of the molecule is COC1=C(C)C(=O)C2=C(C1=O)[C@H](NC(=O)C(C)N=CSNc1ccccc1)N1C(C2)[C@H]2c3c(cc(C)c(OC)c3O)C[C@@H]([C@@H]1C#N)N2C. The predicted octanol–water partition coefficient (Wildman–Crippen LogP) is 3.58. The number of aromatic hydroxyl groups is 1. The van der Waals surface area contributed by atoms with E-state index in [-0.39, 0.29) is 46.5 Å². The van der Waals surface area contributed by atoms with Crippen molar-refractivity contribution >= 4 is 40.7 Å². The number of nitrogens with zero attached hydrogens (tertiary/aromatic N) is 4. The van der Waals surface area contributed by atoms with Crippen LogP contribution in [-0.4, -0.2) is 89.5 Å². The molecule has 2 unspecified atom stereocenters. The number of hydrogen-bond donors (Lipinski definition) is 3. The number of nitrogens with one attached hydrogen (secondary N) is 2. The number of ether oxygens (including phenoxy) is 2. The number of amides is 1. The van der Waals surface area contributed by atoms with Crippen molar-refractivity contribution < 1.29 is 29.0 Å². The summed E-state index contributed by atoms with van der Waals surface area (Å²) in [5.41, 5.74) is 5.26. The Labute approximate surface area is 283 Å². The van der Waals surface area contributed by atoms with Gasteiger partial charge in [-0.25, -0.2) is 0 Å². The molecule has 13 heteroatoms. The number of allylic oxidation sites excluding steroid dienone is 2. The number of methoxy groups -OCH3 is 2. The number of carbonyl (C=O) groups excluding carboxylic acids is 3. The molecule has 1 saturated heterocycles.